The number of hydrogen-bond donors (Lipinski definition) is 2. The summed E-state index contributed by atoms with van der Waals surface area (Å²) in [6.07, 6.45) is 0. The van der Waals surface area contributed by atoms with Crippen molar-refractivity contribution in [3.63, 3.8) is 0 Å². The van der Waals surface area contributed by atoms with Gasteiger partial charge in [-0.05, 0) is 30.7 Å². The van der Waals surface area contributed by atoms with Crippen molar-refractivity contribution in [3.8, 4) is 5.75 Å². The number of aryl methyl sites for hydroxylation is 1. The van der Waals surface area contributed by atoms with Crippen LogP contribution in [0.5, 0.6) is 5.75 Å². The van der Waals surface area contributed by atoms with Crippen molar-refractivity contribution < 1.29 is 14.6 Å². The third kappa shape index (κ3) is 3.23. The van der Waals surface area contributed by atoms with E-state index in [9.17, 15) is 4.79 Å². The van der Waals surface area contributed by atoms with Crippen molar-refractivity contribution in [2.24, 2.45) is 0 Å². The lowest BCUT2D eigenvalue weighted by atomic mass is 10.2. The topological polar surface area (TPSA) is 71.5 Å². The van der Waals surface area contributed by atoms with Crippen LogP contribution in [0.3, 0.4) is 0 Å². The molecule has 0 amide bonds. The fourth-order valence-corrected chi connectivity index (χ4v) is 2.29. The van der Waals surface area contributed by atoms with Crippen LogP contribution in [-0.2, 0) is 6.54 Å². The lowest BCUT2D eigenvalue weighted by Crippen LogP contribution is -2.03. The molecule has 0 bridgehead atoms. The van der Waals surface area contributed by atoms with Gasteiger partial charge in [0.25, 0.3) is 0 Å². The molecule has 0 fully saturated rings. The lowest BCUT2D eigenvalue weighted by Gasteiger charge is -2.09. The van der Waals surface area contributed by atoms with E-state index in [0.29, 0.717) is 6.54 Å². The predicted molar refractivity (Wildman–Crippen MR) is 74.1 cm³/mol. The third-order valence-corrected chi connectivity index (χ3v) is 3.51. The number of aromatic nitrogens is 1. The monoisotopic (exact) mass is 278 g/mol. The second kappa shape index (κ2) is 5.71. The summed E-state index contributed by atoms with van der Waals surface area (Å²) in [7, 11) is 1.63. The van der Waals surface area contributed by atoms with Crippen LogP contribution in [0.15, 0.2) is 23.6 Å². The van der Waals surface area contributed by atoms with E-state index in [-0.39, 0.29) is 5.01 Å². The number of nitrogens with zero attached hydrogens (tertiary/aromatic N) is 1. The molecule has 2 aromatic rings. The predicted octanol–water partition coefficient (Wildman–Crippen LogP) is 2.77. The lowest BCUT2D eigenvalue weighted by molar-refractivity contribution is 0.0696. The van der Waals surface area contributed by atoms with Gasteiger partial charge in [0.2, 0.25) is 5.01 Å². The van der Waals surface area contributed by atoms with E-state index in [2.05, 4.69) is 10.3 Å². The van der Waals surface area contributed by atoms with Gasteiger partial charge in [-0.2, -0.15) is 0 Å². The molecule has 19 heavy (non-hydrogen) atoms. The molecule has 0 aliphatic carbocycles. The molecule has 0 spiro atoms. The maximum absolute atomic E-state index is 10.7. The minimum Gasteiger partial charge on any atom is -0.497 e. The quantitative estimate of drug-likeness (QED) is 0.880. The van der Waals surface area contributed by atoms with Gasteiger partial charge in [0.1, 0.15) is 5.75 Å². The number of anilines is 1. The Morgan fingerprint density at radius 2 is 2.32 bits per heavy atom. The molecule has 0 atom stereocenters. The van der Waals surface area contributed by atoms with Crippen molar-refractivity contribution >= 4 is 23.0 Å². The summed E-state index contributed by atoms with van der Waals surface area (Å²) in [5, 5.41) is 13.9. The van der Waals surface area contributed by atoms with E-state index >= 15 is 0 Å². The van der Waals surface area contributed by atoms with E-state index in [0.717, 1.165) is 34.0 Å². The molecule has 0 aliphatic rings. The first-order valence-electron chi connectivity index (χ1n) is 5.66. The Morgan fingerprint density at radius 1 is 1.53 bits per heavy atom. The highest BCUT2D eigenvalue weighted by Gasteiger charge is 2.09. The van der Waals surface area contributed by atoms with Gasteiger partial charge in [0.05, 0.1) is 19.3 Å². The van der Waals surface area contributed by atoms with Crippen LogP contribution in [0, 0.1) is 6.92 Å². The molecule has 5 nitrogen and oxygen atoms in total. The molecular weight excluding hydrogens is 264 g/mol. The molecule has 1 aromatic carbocycles. The number of aromatic carboxylic acids is 1. The smallest absolute Gasteiger partial charge is 0.365 e. The van der Waals surface area contributed by atoms with E-state index in [1.54, 1.807) is 12.5 Å². The summed E-state index contributed by atoms with van der Waals surface area (Å²) >= 11 is 1.13. The first-order valence-corrected chi connectivity index (χ1v) is 6.54. The molecule has 0 saturated heterocycles. The highest BCUT2D eigenvalue weighted by atomic mass is 32.1. The summed E-state index contributed by atoms with van der Waals surface area (Å²) in [6, 6.07) is 5.74. The van der Waals surface area contributed by atoms with E-state index in [4.69, 9.17) is 9.84 Å². The van der Waals surface area contributed by atoms with Crippen LogP contribution in [0.2, 0.25) is 0 Å². The maximum atomic E-state index is 10.7. The zero-order valence-corrected chi connectivity index (χ0v) is 11.5. The standard InChI is InChI=1S/C13H14N2O3S/c1-8-5-10(18-2)3-4-11(8)14-6-9-7-19-12(15-9)13(16)17/h3-5,7,14H,6H2,1-2H3,(H,16,17). The Kier molecular flexibility index (Phi) is 4.01. The van der Waals surface area contributed by atoms with Crippen molar-refractivity contribution in [1.29, 1.82) is 0 Å². The number of thiazole rings is 1. The normalized spacial score (nSPS) is 10.2. The van der Waals surface area contributed by atoms with E-state index in [1.807, 2.05) is 25.1 Å². The number of carboxylic acid groups (broad SMARTS) is 1. The van der Waals surface area contributed by atoms with Gasteiger partial charge in [-0.15, -0.1) is 11.3 Å². The number of carboxylic acids is 1. The van der Waals surface area contributed by atoms with Crippen LogP contribution < -0.4 is 10.1 Å². The largest absolute Gasteiger partial charge is 0.497 e. The van der Waals surface area contributed by atoms with Crippen LogP contribution >= 0.6 is 11.3 Å². The average Bonchev–Trinajstić information content (AvgIpc) is 2.86. The van der Waals surface area contributed by atoms with E-state index in [1.165, 1.54) is 0 Å². The minimum atomic E-state index is -0.989. The summed E-state index contributed by atoms with van der Waals surface area (Å²) in [6.45, 7) is 2.48. The highest BCUT2D eigenvalue weighted by molar-refractivity contribution is 7.11. The summed E-state index contributed by atoms with van der Waals surface area (Å²) in [4.78, 5) is 14.7. The molecule has 0 unspecified atom stereocenters. The van der Waals surface area contributed by atoms with Crippen LogP contribution in [-0.4, -0.2) is 23.2 Å². The van der Waals surface area contributed by atoms with E-state index < -0.39 is 5.97 Å². The van der Waals surface area contributed by atoms with Crippen molar-refractivity contribution in [2.45, 2.75) is 13.5 Å². The van der Waals surface area contributed by atoms with Gasteiger partial charge in [-0.25, -0.2) is 9.78 Å². The van der Waals surface area contributed by atoms with Gasteiger partial charge in [-0.1, -0.05) is 0 Å². The number of nitrogens with one attached hydrogen (secondary N) is 1. The number of benzene rings is 1. The van der Waals surface area contributed by atoms with Crippen LogP contribution in [0.4, 0.5) is 5.69 Å². The molecule has 2 rings (SSSR count). The van der Waals surface area contributed by atoms with Gasteiger partial charge < -0.3 is 15.2 Å². The second-order valence-electron chi connectivity index (χ2n) is 3.98. The number of hydrogen-bond acceptors (Lipinski definition) is 5. The third-order valence-electron chi connectivity index (χ3n) is 2.63. The molecule has 0 aliphatic heterocycles. The molecule has 1 heterocycles. The average molecular weight is 278 g/mol. The second-order valence-corrected chi connectivity index (χ2v) is 4.84. The summed E-state index contributed by atoms with van der Waals surface area (Å²) in [5.74, 6) is -0.179. The molecule has 6 heteroatoms. The first kappa shape index (κ1) is 13.4. The molecule has 100 valence electrons. The summed E-state index contributed by atoms with van der Waals surface area (Å²) < 4.78 is 5.14. The Bertz CT molecular complexity index is 595. The van der Waals surface area contributed by atoms with Gasteiger partial charge in [-0.3, -0.25) is 0 Å². The molecule has 2 N–H and O–H groups in total. The molecule has 0 radical (unpaired) electrons. The zero-order valence-electron chi connectivity index (χ0n) is 10.6. The van der Waals surface area contributed by atoms with Gasteiger partial charge >= 0.3 is 5.97 Å². The fraction of sp³-hybridized carbons (Fsp3) is 0.231. The molecular formula is C13H14N2O3S. The number of rotatable bonds is 5. The first-order chi connectivity index (χ1) is 9.10. The van der Waals surface area contributed by atoms with Crippen LogP contribution in [0.25, 0.3) is 0 Å². The number of carbonyl (C=O) groups is 1. The number of methoxy groups -OCH3 is 1. The zero-order chi connectivity index (χ0) is 13.8. The Hall–Kier alpha value is -2.08. The Labute approximate surface area is 114 Å². The minimum absolute atomic E-state index is 0.114. The SMILES string of the molecule is COc1ccc(NCc2csc(C(=O)O)n2)c(C)c1. The molecule has 1 aromatic heterocycles. The summed E-state index contributed by atoms with van der Waals surface area (Å²) in [5.41, 5.74) is 2.76. The fourth-order valence-electron chi connectivity index (χ4n) is 1.63. The van der Waals surface area contributed by atoms with Gasteiger partial charge in [0.15, 0.2) is 0 Å². The van der Waals surface area contributed by atoms with Crippen molar-refractivity contribution in [2.75, 3.05) is 12.4 Å². The van der Waals surface area contributed by atoms with Crippen LogP contribution in [0.1, 0.15) is 21.1 Å². The van der Waals surface area contributed by atoms with Crippen molar-refractivity contribution in [1.82, 2.24) is 4.98 Å². The Balaban J connectivity index is 2.03. The molecule has 0 saturated carbocycles. The Morgan fingerprint density at radius 3 is 2.89 bits per heavy atom. The maximum Gasteiger partial charge on any atom is 0.365 e. The number of ether oxygens (including phenoxy) is 1. The van der Waals surface area contributed by atoms with Gasteiger partial charge in [0, 0.05) is 11.1 Å². The van der Waals surface area contributed by atoms with Crippen molar-refractivity contribution in [3.05, 3.63) is 39.8 Å². The highest BCUT2D eigenvalue weighted by Crippen LogP contribution is 2.21.